The maximum Gasteiger partial charge on any atom is 0.181 e. The van der Waals surface area contributed by atoms with Crippen LogP contribution in [-0.2, 0) is 19.5 Å². The number of hydrogen-bond donors (Lipinski definition) is 2. The summed E-state index contributed by atoms with van der Waals surface area (Å²) in [7, 11) is 0. The van der Waals surface area contributed by atoms with Crippen LogP contribution >= 0.6 is 0 Å². The van der Waals surface area contributed by atoms with Crippen molar-refractivity contribution in [3.8, 4) is 6.07 Å². The van der Waals surface area contributed by atoms with Crippen LogP contribution in [0.5, 0.6) is 0 Å². The molecule has 0 saturated carbocycles. The number of halogens is 1. The molecule has 0 spiro atoms. The van der Waals surface area contributed by atoms with Crippen LogP contribution in [0.3, 0.4) is 0 Å². The van der Waals surface area contributed by atoms with Crippen molar-refractivity contribution >= 4 is 23.1 Å². The lowest BCUT2D eigenvalue weighted by atomic mass is 10.1. The Morgan fingerprint density at radius 2 is 2.13 bits per heavy atom. The zero-order chi connectivity index (χ0) is 21.5. The van der Waals surface area contributed by atoms with E-state index in [9.17, 15) is 4.39 Å². The summed E-state index contributed by atoms with van der Waals surface area (Å²) in [5.41, 5.74) is 4.15. The van der Waals surface area contributed by atoms with Crippen molar-refractivity contribution in [2.45, 2.75) is 19.5 Å². The molecule has 8 heteroatoms. The largest absolute Gasteiger partial charge is 0.384 e. The Balaban J connectivity index is 1.49. The molecule has 1 aromatic carbocycles. The minimum atomic E-state index is -0.518. The number of rotatable bonds is 2. The van der Waals surface area contributed by atoms with Gasteiger partial charge in [-0.15, -0.1) is 0 Å². The van der Waals surface area contributed by atoms with Crippen molar-refractivity contribution in [1.29, 1.82) is 5.26 Å². The van der Waals surface area contributed by atoms with Crippen LogP contribution in [0.2, 0.25) is 0 Å². The molecular formula is C23H20FN7. The minimum absolute atomic E-state index is 0.0936. The zero-order valence-corrected chi connectivity index (χ0v) is 16.7. The first-order valence-corrected chi connectivity index (χ1v) is 9.84. The number of fused-ring (bicyclic) bond motifs is 2. The SMILES string of the molecule is N#Cc1cnc2cc(CNC3=N/C=N\CCc4ncccc4CN\C=C\3F)ccc2c1. The van der Waals surface area contributed by atoms with Gasteiger partial charge in [0.15, 0.2) is 11.7 Å². The monoisotopic (exact) mass is 413 g/mol. The third-order valence-corrected chi connectivity index (χ3v) is 4.82. The second kappa shape index (κ2) is 9.59. The third kappa shape index (κ3) is 5.08. The predicted octanol–water partition coefficient (Wildman–Crippen LogP) is 3.17. The van der Waals surface area contributed by atoms with Crippen molar-refractivity contribution < 1.29 is 4.39 Å². The number of nitriles is 1. The van der Waals surface area contributed by atoms with Gasteiger partial charge in [0.1, 0.15) is 12.4 Å². The molecule has 7 nitrogen and oxygen atoms in total. The summed E-state index contributed by atoms with van der Waals surface area (Å²) in [5.74, 6) is -0.425. The van der Waals surface area contributed by atoms with Gasteiger partial charge < -0.3 is 10.6 Å². The molecule has 0 radical (unpaired) electrons. The van der Waals surface area contributed by atoms with E-state index < -0.39 is 5.83 Å². The number of amidine groups is 1. The van der Waals surface area contributed by atoms with Crippen LogP contribution in [0.1, 0.15) is 22.4 Å². The van der Waals surface area contributed by atoms with E-state index in [2.05, 4.69) is 36.7 Å². The van der Waals surface area contributed by atoms with Crippen LogP contribution in [0.25, 0.3) is 10.9 Å². The Hall–Kier alpha value is -4.12. The normalized spacial score (nSPS) is 18.6. The summed E-state index contributed by atoms with van der Waals surface area (Å²) in [6, 6.07) is 13.4. The molecule has 0 unspecified atom stereocenters. The highest BCUT2D eigenvalue weighted by atomic mass is 19.1. The topological polar surface area (TPSA) is 98.4 Å². The zero-order valence-electron chi connectivity index (χ0n) is 16.7. The molecule has 0 atom stereocenters. The quantitative estimate of drug-likeness (QED) is 0.672. The summed E-state index contributed by atoms with van der Waals surface area (Å²) >= 11 is 0. The molecule has 31 heavy (non-hydrogen) atoms. The van der Waals surface area contributed by atoms with Crippen molar-refractivity contribution in [3.63, 3.8) is 0 Å². The number of nitrogens with one attached hydrogen (secondary N) is 2. The standard InChI is InChI=1S/C23H20FN7/c24-20-14-27-13-19-2-1-6-28-21(19)5-7-26-15-31-23(20)30-11-16-3-4-18-8-17(10-25)12-29-22(18)9-16/h1-4,6,8-9,12,14-15,27H,5,7,11,13H2,(H,26,30,31)/b20-14-. The predicted molar refractivity (Wildman–Crippen MR) is 118 cm³/mol. The van der Waals surface area contributed by atoms with Gasteiger partial charge in [-0.05, 0) is 29.3 Å². The molecule has 3 heterocycles. The van der Waals surface area contributed by atoms with Crippen LogP contribution in [-0.4, -0.2) is 28.7 Å². The van der Waals surface area contributed by atoms with Gasteiger partial charge in [-0.3, -0.25) is 15.0 Å². The summed E-state index contributed by atoms with van der Waals surface area (Å²) < 4.78 is 14.7. The lowest BCUT2D eigenvalue weighted by molar-refractivity contribution is 0.651. The maximum absolute atomic E-state index is 14.7. The highest BCUT2D eigenvalue weighted by molar-refractivity contribution is 6.00. The maximum atomic E-state index is 14.7. The molecule has 0 fully saturated rings. The number of benzene rings is 1. The first kappa shape index (κ1) is 20.2. The van der Waals surface area contributed by atoms with E-state index in [-0.39, 0.29) is 5.84 Å². The van der Waals surface area contributed by atoms with Gasteiger partial charge in [-0.25, -0.2) is 9.38 Å². The van der Waals surface area contributed by atoms with E-state index in [1.54, 1.807) is 12.3 Å². The van der Waals surface area contributed by atoms with Crippen molar-refractivity contribution in [3.05, 3.63) is 83.2 Å². The molecule has 0 aliphatic carbocycles. The molecule has 154 valence electrons. The first-order chi connectivity index (χ1) is 15.2. The van der Waals surface area contributed by atoms with Gasteiger partial charge in [-0.1, -0.05) is 18.2 Å². The molecule has 0 bridgehead atoms. The number of pyridine rings is 2. The molecule has 2 N–H and O–H groups in total. The van der Waals surface area contributed by atoms with Crippen molar-refractivity contribution in [2.24, 2.45) is 9.98 Å². The third-order valence-electron chi connectivity index (χ3n) is 4.82. The molecular weight excluding hydrogens is 393 g/mol. The van der Waals surface area contributed by atoms with Gasteiger partial charge in [0.2, 0.25) is 0 Å². The number of hydrogen-bond acceptors (Lipinski definition) is 7. The van der Waals surface area contributed by atoms with Crippen LogP contribution in [0, 0.1) is 11.3 Å². The second-order valence-corrected chi connectivity index (χ2v) is 6.95. The Morgan fingerprint density at radius 1 is 1.19 bits per heavy atom. The van der Waals surface area contributed by atoms with Gasteiger partial charge >= 0.3 is 0 Å². The van der Waals surface area contributed by atoms with Crippen LogP contribution in [0.4, 0.5) is 4.39 Å². The number of aliphatic imine (C=N–C) groups is 2. The van der Waals surface area contributed by atoms with Gasteiger partial charge in [0, 0.05) is 55.7 Å². The van der Waals surface area contributed by atoms with Crippen molar-refractivity contribution in [1.82, 2.24) is 20.6 Å². The highest BCUT2D eigenvalue weighted by Crippen LogP contribution is 2.15. The minimum Gasteiger partial charge on any atom is -0.384 e. The van der Waals surface area contributed by atoms with Crippen LogP contribution < -0.4 is 10.6 Å². The second-order valence-electron chi connectivity index (χ2n) is 6.95. The summed E-state index contributed by atoms with van der Waals surface area (Å²) in [6.45, 7) is 1.35. The fourth-order valence-corrected chi connectivity index (χ4v) is 3.22. The van der Waals surface area contributed by atoms with Gasteiger partial charge in [0.25, 0.3) is 0 Å². The average molecular weight is 413 g/mol. The molecule has 2 aromatic heterocycles. The van der Waals surface area contributed by atoms with Gasteiger partial charge in [-0.2, -0.15) is 5.26 Å². The average Bonchev–Trinajstić information content (AvgIpc) is 2.80. The molecule has 1 aliphatic heterocycles. The summed E-state index contributed by atoms with van der Waals surface area (Å²) in [6.07, 6.45) is 6.63. The van der Waals surface area contributed by atoms with E-state index in [1.807, 2.05) is 30.3 Å². The van der Waals surface area contributed by atoms with E-state index in [1.165, 1.54) is 18.7 Å². The fraction of sp³-hybridized carbons (Fsp3) is 0.174. The molecule has 3 aromatic rings. The van der Waals surface area contributed by atoms with E-state index in [0.29, 0.717) is 31.6 Å². The first-order valence-electron chi connectivity index (χ1n) is 9.84. The highest BCUT2D eigenvalue weighted by Gasteiger charge is 2.09. The van der Waals surface area contributed by atoms with E-state index >= 15 is 0 Å². The van der Waals surface area contributed by atoms with Crippen molar-refractivity contribution in [2.75, 3.05) is 6.54 Å². The number of nitrogens with zero attached hydrogens (tertiary/aromatic N) is 5. The van der Waals surface area contributed by atoms with Crippen LogP contribution in [0.15, 0.2) is 70.8 Å². The Morgan fingerprint density at radius 3 is 3.03 bits per heavy atom. The molecule has 0 saturated heterocycles. The summed E-state index contributed by atoms with van der Waals surface area (Å²) in [4.78, 5) is 17.1. The fourth-order valence-electron chi connectivity index (χ4n) is 3.22. The van der Waals surface area contributed by atoms with E-state index in [0.717, 1.165) is 27.7 Å². The van der Waals surface area contributed by atoms with Gasteiger partial charge in [0.05, 0.1) is 11.1 Å². The Labute approximate surface area is 179 Å². The van der Waals surface area contributed by atoms with E-state index in [4.69, 9.17) is 5.26 Å². The molecule has 1 aliphatic rings. The lowest BCUT2D eigenvalue weighted by Gasteiger charge is -2.11. The summed E-state index contributed by atoms with van der Waals surface area (Å²) in [5, 5.41) is 15.9. The molecule has 4 rings (SSSR count). The Kier molecular flexibility index (Phi) is 6.24. The smallest absolute Gasteiger partial charge is 0.181 e. The lowest BCUT2D eigenvalue weighted by Crippen LogP contribution is -2.25. The Bertz CT molecular complexity index is 1220. The number of aromatic nitrogens is 2. The molecule has 0 amide bonds.